The Morgan fingerprint density at radius 1 is 1.67 bits per heavy atom. The summed E-state index contributed by atoms with van der Waals surface area (Å²) in [7, 11) is 0. The molecule has 0 aromatic carbocycles. The summed E-state index contributed by atoms with van der Waals surface area (Å²) in [5, 5.41) is 11.9. The zero-order valence-electron chi connectivity index (χ0n) is 8.46. The monoisotopic (exact) mass is 285 g/mol. The summed E-state index contributed by atoms with van der Waals surface area (Å²) in [5.74, 6) is 1.85. The van der Waals surface area contributed by atoms with Crippen LogP contribution in [0.1, 0.15) is 5.56 Å². The molecule has 80 valence electrons. The van der Waals surface area contributed by atoms with Crippen molar-refractivity contribution in [3.05, 3.63) is 22.3 Å². The summed E-state index contributed by atoms with van der Waals surface area (Å²) < 4.78 is 0.906. The summed E-state index contributed by atoms with van der Waals surface area (Å²) in [6, 6.07) is 4.06. The topological polar surface area (TPSA) is 48.7 Å². The van der Waals surface area contributed by atoms with Gasteiger partial charge in [-0.2, -0.15) is 17.0 Å². The first-order valence-electron chi connectivity index (χ1n) is 4.52. The van der Waals surface area contributed by atoms with Crippen LogP contribution >= 0.6 is 27.7 Å². The molecule has 0 saturated carbocycles. The lowest BCUT2D eigenvalue weighted by atomic mass is 10.2. The highest BCUT2D eigenvalue weighted by Crippen LogP contribution is 2.18. The van der Waals surface area contributed by atoms with Gasteiger partial charge in [-0.3, -0.25) is 0 Å². The van der Waals surface area contributed by atoms with Gasteiger partial charge < -0.3 is 5.32 Å². The van der Waals surface area contributed by atoms with Gasteiger partial charge >= 0.3 is 0 Å². The smallest absolute Gasteiger partial charge is 0.130 e. The Bertz CT molecular complexity index is 362. The molecule has 1 heterocycles. The van der Waals surface area contributed by atoms with E-state index in [1.165, 1.54) is 0 Å². The summed E-state index contributed by atoms with van der Waals surface area (Å²) in [6.45, 7) is 0.869. The molecule has 0 spiro atoms. The van der Waals surface area contributed by atoms with Crippen LogP contribution in [0.2, 0.25) is 0 Å². The first-order valence-corrected chi connectivity index (χ1v) is 6.70. The van der Waals surface area contributed by atoms with Crippen LogP contribution in [0.3, 0.4) is 0 Å². The van der Waals surface area contributed by atoms with Crippen molar-refractivity contribution < 1.29 is 0 Å². The maximum Gasteiger partial charge on any atom is 0.130 e. The fourth-order valence-electron chi connectivity index (χ4n) is 1.13. The van der Waals surface area contributed by atoms with Crippen molar-refractivity contribution in [2.75, 3.05) is 23.9 Å². The van der Waals surface area contributed by atoms with E-state index in [-0.39, 0.29) is 0 Å². The maximum atomic E-state index is 8.68. The summed E-state index contributed by atoms with van der Waals surface area (Å²) >= 11 is 5.12. The van der Waals surface area contributed by atoms with Crippen LogP contribution in [-0.4, -0.2) is 23.5 Å². The molecule has 0 aliphatic carbocycles. The van der Waals surface area contributed by atoms with Crippen molar-refractivity contribution in [1.29, 1.82) is 5.26 Å². The first-order chi connectivity index (χ1) is 7.27. The molecule has 0 unspecified atom stereocenters. The molecule has 3 nitrogen and oxygen atoms in total. The van der Waals surface area contributed by atoms with E-state index in [1.54, 1.807) is 18.0 Å². The number of halogens is 1. The van der Waals surface area contributed by atoms with Crippen molar-refractivity contribution in [3.63, 3.8) is 0 Å². The van der Waals surface area contributed by atoms with Crippen LogP contribution in [0.25, 0.3) is 0 Å². The Morgan fingerprint density at radius 3 is 3.13 bits per heavy atom. The van der Waals surface area contributed by atoms with Crippen molar-refractivity contribution in [3.8, 4) is 6.07 Å². The molecule has 0 aliphatic heterocycles. The fraction of sp³-hybridized carbons (Fsp3) is 0.400. The molecule has 0 fully saturated rings. The van der Waals surface area contributed by atoms with Crippen LogP contribution in [0.5, 0.6) is 0 Å². The second-order valence-electron chi connectivity index (χ2n) is 2.92. The standard InChI is InChI=1S/C10H12BrN3S/c1-15-5-4-13-10-8(2-3-12)6-9(11)7-14-10/h6-7H,2,4-5H2,1H3,(H,13,14). The average Bonchev–Trinajstić information content (AvgIpc) is 2.22. The minimum Gasteiger partial charge on any atom is -0.369 e. The van der Waals surface area contributed by atoms with Gasteiger partial charge in [0.05, 0.1) is 12.5 Å². The Labute approximate surface area is 102 Å². The van der Waals surface area contributed by atoms with Crippen molar-refractivity contribution >= 4 is 33.5 Å². The average molecular weight is 286 g/mol. The molecule has 1 aromatic rings. The SMILES string of the molecule is CSCCNc1ncc(Br)cc1CC#N. The zero-order chi connectivity index (χ0) is 11.1. The second kappa shape index (κ2) is 6.70. The first kappa shape index (κ1) is 12.3. The number of aromatic nitrogens is 1. The second-order valence-corrected chi connectivity index (χ2v) is 4.82. The lowest BCUT2D eigenvalue weighted by molar-refractivity contribution is 1.12. The Hall–Kier alpha value is -0.730. The molecular formula is C10H12BrN3S. The molecule has 0 amide bonds. The molecule has 1 N–H and O–H groups in total. The van der Waals surface area contributed by atoms with Gasteiger partial charge in [0.25, 0.3) is 0 Å². The highest BCUT2D eigenvalue weighted by molar-refractivity contribution is 9.10. The molecule has 15 heavy (non-hydrogen) atoms. The van der Waals surface area contributed by atoms with Gasteiger partial charge in [-0.05, 0) is 28.3 Å². The molecule has 0 radical (unpaired) electrons. The van der Waals surface area contributed by atoms with E-state index in [9.17, 15) is 0 Å². The zero-order valence-corrected chi connectivity index (χ0v) is 10.9. The Kier molecular flexibility index (Phi) is 5.51. The maximum absolute atomic E-state index is 8.68. The van der Waals surface area contributed by atoms with Crippen molar-refractivity contribution in [1.82, 2.24) is 4.98 Å². The van der Waals surface area contributed by atoms with E-state index in [0.29, 0.717) is 6.42 Å². The van der Waals surface area contributed by atoms with Crippen LogP contribution < -0.4 is 5.32 Å². The highest BCUT2D eigenvalue weighted by Gasteiger charge is 2.03. The molecule has 5 heteroatoms. The largest absolute Gasteiger partial charge is 0.369 e. The normalized spacial score (nSPS) is 9.67. The summed E-state index contributed by atoms with van der Waals surface area (Å²) in [4.78, 5) is 4.25. The minimum absolute atomic E-state index is 0.383. The summed E-state index contributed by atoms with van der Waals surface area (Å²) in [5.41, 5.74) is 0.938. The van der Waals surface area contributed by atoms with Gasteiger partial charge in [-0.1, -0.05) is 0 Å². The van der Waals surface area contributed by atoms with Crippen molar-refractivity contribution in [2.24, 2.45) is 0 Å². The number of rotatable bonds is 5. The lowest BCUT2D eigenvalue weighted by Gasteiger charge is -2.08. The van der Waals surface area contributed by atoms with Gasteiger partial charge in [0.1, 0.15) is 5.82 Å². The van der Waals surface area contributed by atoms with Gasteiger partial charge in [0.15, 0.2) is 0 Å². The molecule has 0 atom stereocenters. The number of anilines is 1. The Morgan fingerprint density at radius 2 is 2.47 bits per heavy atom. The van der Waals surface area contributed by atoms with E-state index >= 15 is 0 Å². The van der Waals surface area contributed by atoms with Crippen molar-refractivity contribution in [2.45, 2.75) is 6.42 Å². The number of nitriles is 1. The van der Waals surface area contributed by atoms with Gasteiger partial charge in [-0.15, -0.1) is 0 Å². The molecule has 0 bridgehead atoms. The number of hydrogen-bond donors (Lipinski definition) is 1. The predicted molar refractivity (Wildman–Crippen MR) is 68.1 cm³/mol. The van der Waals surface area contributed by atoms with Gasteiger partial charge in [0.2, 0.25) is 0 Å². The Balaban J connectivity index is 2.72. The molecule has 1 rings (SSSR count). The lowest BCUT2D eigenvalue weighted by Crippen LogP contribution is -2.07. The number of hydrogen-bond acceptors (Lipinski definition) is 4. The van der Waals surface area contributed by atoms with Crippen LogP contribution in [0, 0.1) is 11.3 Å². The third-order valence-corrected chi connectivity index (χ3v) is 2.85. The van der Waals surface area contributed by atoms with E-state index in [0.717, 1.165) is 28.2 Å². The highest BCUT2D eigenvalue weighted by atomic mass is 79.9. The third-order valence-electron chi connectivity index (χ3n) is 1.80. The van der Waals surface area contributed by atoms with E-state index in [4.69, 9.17) is 5.26 Å². The predicted octanol–water partition coefficient (Wildman–Crippen LogP) is 2.69. The number of thioether (sulfide) groups is 1. The fourth-order valence-corrected chi connectivity index (χ4v) is 1.82. The van der Waals surface area contributed by atoms with E-state index < -0.39 is 0 Å². The van der Waals surface area contributed by atoms with Crippen LogP contribution in [-0.2, 0) is 6.42 Å². The van der Waals surface area contributed by atoms with E-state index in [1.807, 2.05) is 6.07 Å². The molecule has 0 aliphatic rings. The van der Waals surface area contributed by atoms with Crippen LogP contribution in [0.15, 0.2) is 16.7 Å². The number of nitrogens with one attached hydrogen (secondary N) is 1. The van der Waals surface area contributed by atoms with Gasteiger partial charge in [-0.25, -0.2) is 4.98 Å². The molecule has 0 saturated heterocycles. The van der Waals surface area contributed by atoms with E-state index in [2.05, 4.69) is 38.6 Å². The number of pyridine rings is 1. The quantitative estimate of drug-likeness (QED) is 0.845. The summed E-state index contributed by atoms with van der Waals surface area (Å²) in [6.07, 6.45) is 4.18. The minimum atomic E-state index is 0.383. The van der Waals surface area contributed by atoms with Gasteiger partial charge in [0, 0.05) is 28.5 Å². The molecular weight excluding hydrogens is 274 g/mol. The molecule has 1 aromatic heterocycles. The number of nitrogens with zero attached hydrogens (tertiary/aromatic N) is 2. The van der Waals surface area contributed by atoms with Crippen LogP contribution in [0.4, 0.5) is 5.82 Å². The third kappa shape index (κ3) is 4.10.